The van der Waals surface area contributed by atoms with Crippen LogP contribution in [0.2, 0.25) is 0 Å². The fourth-order valence-electron chi connectivity index (χ4n) is 1.17. The second-order valence-electron chi connectivity index (χ2n) is 3.26. The van der Waals surface area contributed by atoms with Gasteiger partial charge in [0.25, 0.3) is 5.56 Å². The minimum Gasteiger partial charge on any atom is -0.503 e. The van der Waals surface area contributed by atoms with Crippen LogP contribution in [0.5, 0.6) is 5.75 Å². The maximum absolute atomic E-state index is 10.8. The highest BCUT2D eigenvalue weighted by Crippen LogP contribution is 2.19. The number of rotatable bonds is 4. The van der Waals surface area contributed by atoms with Gasteiger partial charge in [0.1, 0.15) is 6.10 Å². The maximum Gasteiger partial charge on any atom is 0.306 e. The number of hydrogen-bond donors (Lipinski definition) is 5. The van der Waals surface area contributed by atoms with Gasteiger partial charge in [-0.3, -0.25) is 9.59 Å². The maximum atomic E-state index is 10.8. The zero-order valence-corrected chi connectivity index (χ0v) is 8.12. The smallest absolute Gasteiger partial charge is 0.306 e. The summed E-state index contributed by atoms with van der Waals surface area (Å²) < 4.78 is 0. The van der Waals surface area contributed by atoms with Crippen molar-refractivity contribution in [3.63, 3.8) is 0 Å². The van der Waals surface area contributed by atoms with Crippen molar-refractivity contribution in [3.8, 4) is 5.75 Å². The summed E-state index contributed by atoms with van der Waals surface area (Å²) in [5.74, 6) is -1.88. The van der Waals surface area contributed by atoms with E-state index < -0.39 is 35.9 Å². The summed E-state index contributed by atoms with van der Waals surface area (Å²) >= 11 is 0. The molecule has 0 saturated heterocycles. The topological polar surface area (TPSA) is 131 Å². The van der Waals surface area contributed by atoms with E-state index in [4.69, 9.17) is 10.2 Å². The van der Waals surface area contributed by atoms with Gasteiger partial charge in [-0.25, -0.2) is 0 Å². The van der Waals surface area contributed by atoms with Crippen molar-refractivity contribution in [2.75, 3.05) is 0 Å². The SMILES string of the molecule is O=C(O)CC(O)C(O)c1c[nH]c(=O)c(O)c1. The van der Waals surface area contributed by atoms with Gasteiger partial charge in [0.2, 0.25) is 0 Å². The molecule has 5 N–H and O–H groups in total. The number of nitrogens with one attached hydrogen (secondary N) is 1. The van der Waals surface area contributed by atoms with Crippen molar-refractivity contribution < 1.29 is 25.2 Å². The van der Waals surface area contributed by atoms with E-state index in [0.29, 0.717) is 0 Å². The fourth-order valence-corrected chi connectivity index (χ4v) is 1.17. The van der Waals surface area contributed by atoms with Crippen LogP contribution in [-0.2, 0) is 4.79 Å². The predicted octanol–water partition coefficient (Wildman–Crippen LogP) is -1.05. The molecule has 16 heavy (non-hydrogen) atoms. The van der Waals surface area contributed by atoms with Crippen molar-refractivity contribution in [1.82, 2.24) is 4.98 Å². The first-order valence-electron chi connectivity index (χ1n) is 4.41. The number of hydrogen-bond acceptors (Lipinski definition) is 5. The van der Waals surface area contributed by atoms with Crippen LogP contribution in [0.1, 0.15) is 18.1 Å². The molecule has 0 bridgehead atoms. The third-order valence-electron chi connectivity index (χ3n) is 2.00. The third kappa shape index (κ3) is 2.81. The molecular weight excluding hydrogens is 218 g/mol. The second kappa shape index (κ2) is 4.77. The average molecular weight is 229 g/mol. The number of carboxylic acid groups (broad SMARTS) is 1. The van der Waals surface area contributed by atoms with Gasteiger partial charge in [-0.1, -0.05) is 0 Å². The van der Waals surface area contributed by atoms with Gasteiger partial charge >= 0.3 is 5.97 Å². The van der Waals surface area contributed by atoms with Crippen LogP contribution >= 0.6 is 0 Å². The number of aliphatic hydroxyl groups excluding tert-OH is 2. The Morgan fingerprint density at radius 2 is 2.06 bits per heavy atom. The number of aliphatic hydroxyl groups is 2. The molecule has 1 aromatic heterocycles. The van der Waals surface area contributed by atoms with Gasteiger partial charge < -0.3 is 25.4 Å². The molecule has 2 unspecified atom stereocenters. The molecule has 0 saturated carbocycles. The summed E-state index contributed by atoms with van der Waals surface area (Å²) in [6, 6.07) is 0.967. The minimum absolute atomic E-state index is 0.0332. The predicted molar refractivity (Wildman–Crippen MR) is 51.9 cm³/mol. The van der Waals surface area contributed by atoms with Gasteiger partial charge in [-0.2, -0.15) is 0 Å². The molecule has 1 rings (SSSR count). The monoisotopic (exact) mass is 229 g/mol. The van der Waals surface area contributed by atoms with Crippen LogP contribution in [0.4, 0.5) is 0 Å². The van der Waals surface area contributed by atoms with Crippen LogP contribution in [-0.4, -0.2) is 37.5 Å². The first-order valence-corrected chi connectivity index (χ1v) is 4.41. The Kier molecular flexibility index (Phi) is 3.64. The minimum atomic E-state index is -1.51. The standard InChI is InChI=1S/C9H11NO6/c11-5(2-7(13)14)8(15)4-1-6(12)9(16)10-3-4/h1,3,5,8,11-12,15H,2H2,(H,10,16)(H,13,14). The van der Waals surface area contributed by atoms with Gasteiger partial charge in [-0.05, 0) is 6.07 Å². The van der Waals surface area contributed by atoms with Crippen LogP contribution in [0.25, 0.3) is 0 Å². The Labute approximate surface area is 89.6 Å². The Bertz CT molecular complexity index is 440. The lowest BCUT2D eigenvalue weighted by molar-refractivity contribution is -0.141. The first-order chi connectivity index (χ1) is 7.41. The fraction of sp³-hybridized carbons (Fsp3) is 0.333. The van der Waals surface area contributed by atoms with Crippen molar-refractivity contribution in [2.24, 2.45) is 0 Å². The van der Waals surface area contributed by atoms with E-state index in [1.807, 2.05) is 0 Å². The Hall–Kier alpha value is -1.86. The van der Waals surface area contributed by atoms with E-state index in [-0.39, 0.29) is 5.56 Å². The largest absolute Gasteiger partial charge is 0.503 e. The zero-order valence-electron chi connectivity index (χ0n) is 8.12. The first kappa shape index (κ1) is 12.2. The molecule has 0 amide bonds. The van der Waals surface area contributed by atoms with E-state index in [1.54, 1.807) is 0 Å². The third-order valence-corrected chi connectivity index (χ3v) is 2.00. The number of carboxylic acids is 1. The highest BCUT2D eigenvalue weighted by atomic mass is 16.4. The summed E-state index contributed by atoms with van der Waals surface area (Å²) in [5, 5.41) is 36.3. The summed E-state index contributed by atoms with van der Waals surface area (Å²) in [5.41, 5.74) is -0.700. The molecule has 0 radical (unpaired) electrons. The summed E-state index contributed by atoms with van der Waals surface area (Å²) in [6.07, 6.45) is -2.54. The lowest BCUT2D eigenvalue weighted by Gasteiger charge is -2.16. The Balaban J connectivity index is 2.87. The van der Waals surface area contributed by atoms with Gasteiger partial charge in [0.05, 0.1) is 12.5 Å². The molecule has 0 aliphatic rings. The number of aromatic nitrogens is 1. The van der Waals surface area contributed by atoms with E-state index in [1.165, 1.54) is 0 Å². The van der Waals surface area contributed by atoms with E-state index in [2.05, 4.69) is 4.98 Å². The molecule has 0 fully saturated rings. The number of aromatic amines is 1. The highest BCUT2D eigenvalue weighted by molar-refractivity contribution is 5.67. The van der Waals surface area contributed by atoms with E-state index >= 15 is 0 Å². The number of pyridine rings is 1. The molecule has 0 aliphatic carbocycles. The van der Waals surface area contributed by atoms with Crippen molar-refractivity contribution in [3.05, 3.63) is 28.2 Å². The number of H-pyrrole nitrogens is 1. The molecule has 1 heterocycles. The molecule has 7 heteroatoms. The lowest BCUT2D eigenvalue weighted by Crippen LogP contribution is -2.22. The van der Waals surface area contributed by atoms with E-state index in [0.717, 1.165) is 12.3 Å². The lowest BCUT2D eigenvalue weighted by atomic mass is 10.0. The Morgan fingerprint density at radius 3 is 2.56 bits per heavy atom. The van der Waals surface area contributed by atoms with Crippen LogP contribution < -0.4 is 5.56 Å². The van der Waals surface area contributed by atoms with Gasteiger partial charge in [-0.15, -0.1) is 0 Å². The highest BCUT2D eigenvalue weighted by Gasteiger charge is 2.21. The van der Waals surface area contributed by atoms with Crippen molar-refractivity contribution in [1.29, 1.82) is 0 Å². The summed E-state index contributed by atoms with van der Waals surface area (Å²) in [6.45, 7) is 0. The summed E-state index contributed by atoms with van der Waals surface area (Å²) in [4.78, 5) is 23.2. The number of aromatic hydroxyl groups is 1. The molecule has 7 nitrogen and oxygen atoms in total. The van der Waals surface area contributed by atoms with Crippen LogP contribution in [0, 0.1) is 0 Å². The van der Waals surface area contributed by atoms with Crippen LogP contribution in [0.15, 0.2) is 17.1 Å². The van der Waals surface area contributed by atoms with E-state index in [9.17, 15) is 19.8 Å². The van der Waals surface area contributed by atoms with Crippen molar-refractivity contribution >= 4 is 5.97 Å². The molecular formula is C9H11NO6. The molecule has 88 valence electrons. The molecule has 1 aromatic rings. The van der Waals surface area contributed by atoms with Gasteiger partial charge in [0, 0.05) is 11.8 Å². The number of carbonyl (C=O) groups is 1. The molecule has 2 atom stereocenters. The Morgan fingerprint density at radius 1 is 1.44 bits per heavy atom. The molecule has 0 aliphatic heterocycles. The normalized spacial score (nSPS) is 14.4. The van der Waals surface area contributed by atoms with Crippen LogP contribution in [0.3, 0.4) is 0 Å². The van der Waals surface area contributed by atoms with Crippen molar-refractivity contribution in [2.45, 2.75) is 18.6 Å². The average Bonchev–Trinajstić information content (AvgIpc) is 2.20. The molecule has 0 aromatic carbocycles. The summed E-state index contributed by atoms with van der Waals surface area (Å²) in [7, 11) is 0. The molecule has 0 spiro atoms. The second-order valence-corrected chi connectivity index (χ2v) is 3.26. The van der Waals surface area contributed by atoms with Gasteiger partial charge in [0.15, 0.2) is 5.75 Å². The number of aliphatic carboxylic acids is 1. The zero-order chi connectivity index (χ0) is 12.3. The quantitative estimate of drug-likeness (QED) is 0.447.